The molecule has 0 radical (unpaired) electrons. The van der Waals surface area contributed by atoms with Crippen molar-refractivity contribution < 1.29 is 27.0 Å². The molecule has 1 unspecified atom stereocenters. The number of halogens is 3. The summed E-state index contributed by atoms with van der Waals surface area (Å²) in [5.41, 5.74) is 0. The van der Waals surface area contributed by atoms with Crippen LogP contribution in [0.25, 0.3) is 0 Å². The Morgan fingerprint density at radius 1 is 1.43 bits per heavy atom. The summed E-state index contributed by atoms with van der Waals surface area (Å²) in [5, 5.41) is 8.85. The molecule has 0 aliphatic carbocycles. The molecular formula is C12H16ClF2NO4S. The first-order valence-corrected chi connectivity index (χ1v) is 8.00. The van der Waals surface area contributed by atoms with E-state index in [0.717, 1.165) is 18.2 Å². The molecule has 0 aliphatic rings. The van der Waals surface area contributed by atoms with Gasteiger partial charge in [-0.1, -0.05) is 11.6 Å². The van der Waals surface area contributed by atoms with E-state index >= 15 is 0 Å². The van der Waals surface area contributed by atoms with Gasteiger partial charge >= 0.3 is 6.61 Å². The number of alkyl halides is 2. The number of hydrogen-bond donors (Lipinski definition) is 2. The minimum absolute atomic E-state index is 0.147. The lowest BCUT2D eigenvalue weighted by Gasteiger charge is -2.10. The topological polar surface area (TPSA) is 75.6 Å². The number of sulfonamides is 1. The summed E-state index contributed by atoms with van der Waals surface area (Å²) in [7, 11) is -3.79. The van der Waals surface area contributed by atoms with Gasteiger partial charge < -0.3 is 9.84 Å². The van der Waals surface area contributed by atoms with Gasteiger partial charge in [-0.15, -0.1) is 0 Å². The number of benzene rings is 1. The Hall–Kier alpha value is -0.960. The van der Waals surface area contributed by atoms with Crippen molar-refractivity contribution in [3.63, 3.8) is 0 Å². The van der Waals surface area contributed by atoms with Crippen molar-refractivity contribution in [2.24, 2.45) is 0 Å². The molecule has 5 nitrogen and oxygen atoms in total. The molecule has 1 rings (SSSR count). The minimum Gasteiger partial charge on any atom is -0.433 e. The molecule has 0 saturated heterocycles. The van der Waals surface area contributed by atoms with Gasteiger partial charge in [-0.2, -0.15) is 8.78 Å². The second kappa shape index (κ2) is 7.88. The highest BCUT2D eigenvalue weighted by Gasteiger charge is 2.17. The van der Waals surface area contributed by atoms with Gasteiger partial charge in [0, 0.05) is 6.54 Å². The molecule has 120 valence electrons. The molecule has 1 aromatic carbocycles. The SMILES string of the molecule is CC(O)CCCNS(=O)(=O)c1ccc(OC(F)F)c(Cl)c1. The van der Waals surface area contributed by atoms with Crippen LogP contribution in [0.2, 0.25) is 5.02 Å². The zero-order chi connectivity index (χ0) is 16.0. The van der Waals surface area contributed by atoms with Crippen LogP contribution in [0, 0.1) is 0 Å². The van der Waals surface area contributed by atoms with Crippen LogP contribution in [0.3, 0.4) is 0 Å². The Balaban J connectivity index is 2.73. The van der Waals surface area contributed by atoms with Gasteiger partial charge in [0.2, 0.25) is 10.0 Å². The lowest BCUT2D eigenvalue weighted by molar-refractivity contribution is -0.0498. The number of hydrogen-bond acceptors (Lipinski definition) is 4. The largest absolute Gasteiger partial charge is 0.433 e. The molecule has 2 N–H and O–H groups in total. The van der Waals surface area contributed by atoms with Crippen molar-refractivity contribution in [1.82, 2.24) is 4.72 Å². The van der Waals surface area contributed by atoms with Crippen molar-refractivity contribution in [2.45, 2.75) is 37.4 Å². The van der Waals surface area contributed by atoms with Gasteiger partial charge in [-0.05, 0) is 38.0 Å². The third-order valence-corrected chi connectivity index (χ3v) is 4.27. The van der Waals surface area contributed by atoms with E-state index < -0.39 is 22.7 Å². The minimum atomic E-state index is -3.79. The molecule has 1 aromatic rings. The van der Waals surface area contributed by atoms with E-state index in [9.17, 15) is 17.2 Å². The van der Waals surface area contributed by atoms with E-state index in [1.807, 2.05) is 0 Å². The van der Waals surface area contributed by atoms with Gasteiger partial charge in [-0.25, -0.2) is 13.1 Å². The van der Waals surface area contributed by atoms with E-state index in [4.69, 9.17) is 16.7 Å². The van der Waals surface area contributed by atoms with Crippen LogP contribution in [0.1, 0.15) is 19.8 Å². The van der Waals surface area contributed by atoms with E-state index in [0.29, 0.717) is 12.8 Å². The zero-order valence-electron chi connectivity index (χ0n) is 11.2. The van der Waals surface area contributed by atoms with Gasteiger partial charge in [0.1, 0.15) is 5.75 Å². The predicted molar refractivity (Wildman–Crippen MR) is 74.2 cm³/mol. The van der Waals surface area contributed by atoms with E-state index in [1.54, 1.807) is 6.92 Å². The van der Waals surface area contributed by atoms with Gasteiger partial charge in [0.15, 0.2) is 0 Å². The van der Waals surface area contributed by atoms with E-state index in [2.05, 4.69) is 9.46 Å². The summed E-state index contributed by atoms with van der Waals surface area (Å²) in [6.45, 7) is -1.28. The number of nitrogens with one attached hydrogen (secondary N) is 1. The van der Waals surface area contributed by atoms with Gasteiger partial charge in [0.05, 0.1) is 16.0 Å². The fraction of sp³-hybridized carbons (Fsp3) is 0.500. The lowest BCUT2D eigenvalue weighted by Crippen LogP contribution is -2.25. The second-order valence-corrected chi connectivity index (χ2v) is 6.53. The van der Waals surface area contributed by atoms with Crippen LogP contribution >= 0.6 is 11.6 Å². The number of ether oxygens (including phenoxy) is 1. The summed E-state index contributed by atoms with van der Waals surface area (Å²) >= 11 is 5.70. The average Bonchev–Trinajstić information content (AvgIpc) is 2.36. The Morgan fingerprint density at radius 3 is 2.62 bits per heavy atom. The molecular weight excluding hydrogens is 328 g/mol. The first-order valence-electron chi connectivity index (χ1n) is 6.14. The third-order valence-electron chi connectivity index (χ3n) is 2.52. The van der Waals surface area contributed by atoms with Crippen LogP contribution in [0.4, 0.5) is 8.78 Å². The highest BCUT2D eigenvalue weighted by Crippen LogP contribution is 2.28. The van der Waals surface area contributed by atoms with Crippen LogP contribution in [0.5, 0.6) is 5.75 Å². The molecule has 21 heavy (non-hydrogen) atoms. The maximum absolute atomic E-state index is 12.1. The summed E-state index contributed by atoms with van der Waals surface area (Å²) in [6.07, 6.45) is 0.427. The third kappa shape index (κ3) is 6.13. The smallest absolute Gasteiger partial charge is 0.387 e. The highest BCUT2D eigenvalue weighted by molar-refractivity contribution is 7.89. The molecule has 0 aromatic heterocycles. The van der Waals surface area contributed by atoms with Crippen LogP contribution < -0.4 is 9.46 Å². The quantitative estimate of drug-likeness (QED) is 0.711. The molecule has 0 spiro atoms. The summed E-state index contributed by atoms with van der Waals surface area (Å²) in [5.74, 6) is -0.292. The Morgan fingerprint density at radius 2 is 2.10 bits per heavy atom. The summed E-state index contributed by atoms with van der Waals surface area (Å²) in [6, 6.07) is 3.23. The van der Waals surface area contributed by atoms with Crippen LogP contribution in [-0.2, 0) is 10.0 Å². The van der Waals surface area contributed by atoms with Gasteiger partial charge in [0.25, 0.3) is 0 Å². The van der Waals surface area contributed by atoms with Crippen molar-refractivity contribution >= 4 is 21.6 Å². The van der Waals surface area contributed by atoms with E-state index in [-0.39, 0.29) is 22.2 Å². The average molecular weight is 344 g/mol. The summed E-state index contributed by atoms with van der Waals surface area (Å²) < 4.78 is 54.5. The molecule has 9 heteroatoms. The Bertz CT molecular complexity index is 566. The van der Waals surface area contributed by atoms with Crippen molar-refractivity contribution in [3.8, 4) is 5.75 Å². The fourth-order valence-electron chi connectivity index (χ4n) is 1.53. The fourth-order valence-corrected chi connectivity index (χ4v) is 2.92. The molecule has 0 saturated carbocycles. The second-order valence-electron chi connectivity index (χ2n) is 4.36. The molecule has 0 aliphatic heterocycles. The molecule has 0 bridgehead atoms. The zero-order valence-corrected chi connectivity index (χ0v) is 12.8. The number of rotatable bonds is 8. The van der Waals surface area contributed by atoms with Crippen LogP contribution in [0.15, 0.2) is 23.1 Å². The molecule has 1 atom stereocenters. The molecule has 0 fully saturated rings. The van der Waals surface area contributed by atoms with Crippen molar-refractivity contribution in [3.05, 3.63) is 23.2 Å². The standard InChI is InChI=1S/C12H16ClF2NO4S/c1-8(17)3-2-6-16-21(18,19)9-4-5-11(10(13)7-9)20-12(14)15/h4-5,7-8,12,16-17H,2-3,6H2,1H3. The maximum Gasteiger partial charge on any atom is 0.387 e. The first kappa shape index (κ1) is 18.1. The summed E-state index contributed by atoms with van der Waals surface area (Å²) in [4.78, 5) is -0.147. The highest BCUT2D eigenvalue weighted by atomic mass is 35.5. The normalized spacial score (nSPS) is 13.4. The van der Waals surface area contributed by atoms with Gasteiger partial charge in [-0.3, -0.25) is 0 Å². The first-order chi connectivity index (χ1) is 9.72. The number of aliphatic hydroxyl groups excluding tert-OH is 1. The monoisotopic (exact) mass is 343 g/mol. The van der Waals surface area contributed by atoms with Crippen molar-refractivity contribution in [1.29, 1.82) is 0 Å². The number of aliphatic hydroxyl groups is 1. The van der Waals surface area contributed by atoms with E-state index in [1.165, 1.54) is 0 Å². The maximum atomic E-state index is 12.1. The molecule has 0 amide bonds. The Labute approximate surface area is 126 Å². The van der Waals surface area contributed by atoms with Crippen LogP contribution in [-0.4, -0.2) is 32.8 Å². The Kier molecular flexibility index (Phi) is 6.79. The molecule has 0 heterocycles. The predicted octanol–water partition coefficient (Wildman–Crippen LogP) is 2.38. The van der Waals surface area contributed by atoms with Crippen molar-refractivity contribution in [2.75, 3.05) is 6.54 Å². The lowest BCUT2D eigenvalue weighted by atomic mass is 10.2.